The van der Waals surface area contributed by atoms with Crippen LogP contribution in [0, 0.1) is 6.92 Å². The number of hydrogen-bond donors (Lipinski definition) is 1. The van der Waals surface area contributed by atoms with Crippen LogP contribution in [0.2, 0.25) is 0 Å². The smallest absolute Gasteiger partial charge is 0.300 e. The molecule has 3 aromatic rings. The summed E-state index contributed by atoms with van der Waals surface area (Å²) in [5.74, 6) is 0.299. The van der Waals surface area contributed by atoms with Crippen molar-refractivity contribution in [3.8, 4) is 17.2 Å². The number of anilines is 1. The Balaban J connectivity index is 1.84. The van der Waals surface area contributed by atoms with Gasteiger partial charge >= 0.3 is 0 Å². The van der Waals surface area contributed by atoms with E-state index in [2.05, 4.69) is 0 Å². The van der Waals surface area contributed by atoms with Gasteiger partial charge in [-0.25, -0.2) is 0 Å². The topological polar surface area (TPSA) is 85.3 Å². The van der Waals surface area contributed by atoms with Gasteiger partial charge in [-0.2, -0.15) is 0 Å². The monoisotopic (exact) mass is 529 g/mol. The molecule has 1 N–H and O–H groups in total. The van der Waals surface area contributed by atoms with Crippen LogP contribution < -0.4 is 19.1 Å². The lowest BCUT2D eigenvalue weighted by Crippen LogP contribution is -2.29. The van der Waals surface area contributed by atoms with Crippen LogP contribution in [-0.4, -0.2) is 35.6 Å². The summed E-state index contributed by atoms with van der Waals surface area (Å²) in [6.07, 6.45) is -0.0125. The number of Topliss-reactive ketones (excluding diaryl/α,β-unsaturated/α-hetero) is 1. The summed E-state index contributed by atoms with van der Waals surface area (Å²) < 4.78 is 17.2. The van der Waals surface area contributed by atoms with Crippen LogP contribution in [0.1, 0.15) is 57.4 Å². The van der Waals surface area contributed by atoms with Crippen molar-refractivity contribution in [2.45, 2.75) is 59.8 Å². The largest absolute Gasteiger partial charge is 0.507 e. The minimum Gasteiger partial charge on any atom is -0.507 e. The molecule has 0 aromatic heterocycles. The van der Waals surface area contributed by atoms with Crippen molar-refractivity contribution in [1.29, 1.82) is 0 Å². The Morgan fingerprint density at radius 3 is 2.05 bits per heavy atom. The molecule has 7 heteroatoms. The van der Waals surface area contributed by atoms with Crippen molar-refractivity contribution >= 4 is 23.1 Å². The maximum absolute atomic E-state index is 13.5. The van der Waals surface area contributed by atoms with E-state index in [1.807, 2.05) is 53.7 Å². The number of aryl methyl sites for hydroxylation is 1. The molecule has 0 saturated carbocycles. The van der Waals surface area contributed by atoms with Gasteiger partial charge in [-0.15, -0.1) is 0 Å². The van der Waals surface area contributed by atoms with E-state index in [-0.39, 0.29) is 23.5 Å². The fraction of sp³-hybridized carbons (Fsp3) is 0.312. The number of amides is 1. The van der Waals surface area contributed by atoms with E-state index in [0.717, 1.165) is 5.56 Å². The number of benzene rings is 3. The molecule has 1 saturated heterocycles. The third-order valence-electron chi connectivity index (χ3n) is 6.25. The van der Waals surface area contributed by atoms with Gasteiger partial charge in [-0.05, 0) is 107 Å². The number of nitrogens with zero attached hydrogens (tertiary/aromatic N) is 1. The zero-order valence-electron chi connectivity index (χ0n) is 23.2. The Bertz CT molecular complexity index is 1370. The maximum atomic E-state index is 13.5. The second-order valence-corrected chi connectivity index (χ2v) is 9.98. The first kappa shape index (κ1) is 27.8. The summed E-state index contributed by atoms with van der Waals surface area (Å²) in [7, 11) is 0. The summed E-state index contributed by atoms with van der Waals surface area (Å²) in [5.41, 5.74) is 2.43. The van der Waals surface area contributed by atoms with Crippen LogP contribution >= 0.6 is 0 Å². The minimum atomic E-state index is -0.844. The number of aliphatic hydroxyl groups is 1. The molecular weight excluding hydrogens is 494 g/mol. The molecule has 0 radical (unpaired) electrons. The van der Waals surface area contributed by atoms with Crippen LogP contribution in [-0.2, 0) is 9.59 Å². The first-order chi connectivity index (χ1) is 18.6. The predicted octanol–water partition coefficient (Wildman–Crippen LogP) is 6.59. The van der Waals surface area contributed by atoms with Gasteiger partial charge in [0.15, 0.2) is 0 Å². The third-order valence-corrected chi connectivity index (χ3v) is 6.25. The van der Waals surface area contributed by atoms with E-state index < -0.39 is 17.7 Å². The molecule has 3 aromatic carbocycles. The summed E-state index contributed by atoms with van der Waals surface area (Å²) >= 11 is 0. The molecular formula is C32H35NO6. The van der Waals surface area contributed by atoms with Crippen molar-refractivity contribution in [1.82, 2.24) is 0 Å². The highest BCUT2D eigenvalue weighted by Gasteiger charge is 2.47. The molecule has 39 heavy (non-hydrogen) atoms. The van der Waals surface area contributed by atoms with Gasteiger partial charge < -0.3 is 19.3 Å². The number of ketones is 1. The standard InChI is InChI=1S/C32H35NO6/c1-7-37-25-15-11-24(12-16-25)33-29(22-8-13-26(14-9-22)38-19(2)3)28(31(35)32(33)36)30(34)23-10-17-27(21(6)18-23)39-20(4)5/h8-20,29,34H,7H2,1-6H3/b30-28-. The second kappa shape index (κ2) is 11.6. The van der Waals surface area contributed by atoms with Gasteiger partial charge in [0.2, 0.25) is 0 Å². The summed E-state index contributed by atoms with van der Waals surface area (Å²) in [5, 5.41) is 11.5. The predicted molar refractivity (Wildman–Crippen MR) is 152 cm³/mol. The highest BCUT2D eigenvalue weighted by atomic mass is 16.5. The molecule has 1 atom stereocenters. The van der Waals surface area contributed by atoms with Crippen LogP contribution in [0.3, 0.4) is 0 Å². The molecule has 1 unspecified atom stereocenters. The van der Waals surface area contributed by atoms with Gasteiger partial charge in [-0.3, -0.25) is 14.5 Å². The molecule has 1 amide bonds. The fourth-order valence-corrected chi connectivity index (χ4v) is 4.62. The van der Waals surface area contributed by atoms with Crippen LogP contribution in [0.4, 0.5) is 5.69 Å². The number of aliphatic hydroxyl groups excluding tert-OH is 1. The van der Waals surface area contributed by atoms with Crippen LogP contribution in [0.15, 0.2) is 72.3 Å². The molecule has 7 nitrogen and oxygen atoms in total. The lowest BCUT2D eigenvalue weighted by atomic mass is 9.94. The zero-order chi connectivity index (χ0) is 28.3. The fourth-order valence-electron chi connectivity index (χ4n) is 4.62. The molecule has 1 heterocycles. The number of hydrogen-bond acceptors (Lipinski definition) is 6. The van der Waals surface area contributed by atoms with Crippen LogP contribution in [0.5, 0.6) is 17.2 Å². The molecule has 1 aliphatic rings. The third kappa shape index (κ3) is 5.93. The Morgan fingerprint density at radius 1 is 0.872 bits per heavy atom. The average Bonchev–Trinajstić information content (AvgIpc) is 3.15. The summed E-state index contributed by atoms with van der Waals surface area (Å²) in [4.78, 5) is 28.4. The normalized spacial score (nSPS) is 16.7. The van der Waals surface area contributed by atoms with E-state index in [1.165, 1.54) is 4.90 Å². The minimum absolute atomic E-state index is 0.00349. The lowest BCUT2D eigenvalue weighted by Gasteiger charge is -2.26. The van der Waals surface area contributed by atoms with Gasteiger partial charge in [0.05, 0.1) is 30.4 Å². The number of ether oxygens (including phenoxy) is 3. The molecule has 1 fully saturated rings. The zero-order valence-corrected chi connectivity index (χ0v) is 23.2. The lowest BCUT2D eigenvalue weighted by molar-refractivity contribution is -0.132. The van der Waals surface area contributed by atoms with Crippen molar-refractivity contribution in [3.05, 3.63) is 89.0 Å². The van der Waals surface area contributed by atoms with E-state index in [1.54, 1.807) is 54.6 Å². The molecule has 0 aliphatic carbocycles. The Hall–Kier alpha value is -4.26. The SMILES string of the molecule is CCOc1ccc(N2C(=O)C(=O)/C(=C(\O)c3ccc(OC(C)C)c(C)c3)C2c2ccc(OC(C)C)cc2)cc1. The second-order valence-electron chi connectivity index (χ2n) is 9.98. The number of carbonyl (C=O) groups excluding carboxylic acids is 2. The number of carbonyl (C=O) groups is 2. The van der Waals surface area contributed by atoms with Crippen molar-refractivity contribution in [2.75, 3.05) is 11.5 Å². The molecule has 0 bridgehead atoms. The quantitative estimate of drug-likeness (QED) is 0.191. The highest BCUT2D eigenvalue weighted by molar-refractivity contribution is 6.51. The van der Waals surface area contributed by atoms with E-state index in [9.17, 15) is 14.7 Å². The van der Waals surface area contributed by atoms with Gasteiger partial charge in [-0.1, -0.05) is 12.1 Å². The average molecular weight is 530 g/mol. The van der Waals surface area contributed by atoms with E-state index in [0.29, 0.717) is 40.7 Å². The molecule has 1 aliphatic heterocycles. The molecule has 0 spiro atoms. The van der Waals surface area contributed by atoms with Crippen molar-refractivity contribution < 1.29 is 28.9 Å². The van der Waals surface area contributed by atoms with Gasteiger partial charge in [0.1, 0.15) is 23.0 Å². The number of rotatable bonds is 9. The Morgan fingerprint density at radius 2 is 1.49 bits per heavy atom. The summed E-state index contributed by atoms with van der Waals surface area (Å²) in [6, 6.07) is 18.6. The molecule has 204 valence electrons. The maximum Gasteiger partial charge on any atom is 0.300 e. The molecule has 4 rings (SSSR count). The highest BCUT2D eigenvalue weighted by Crippen LogP contribution is 2.43. The Kier molecular flexibility index (Phi) is 8.29. The van der Waals surface area contributed by atoms with E-state index >= 15 is 0 Å². The van der Waals surface area contributed by atoms with Gasteiger partial charge in [0, 0.05) is 11.3 Å². The van der Waals surface area contributed by atoms with Crippen LogP contribution in [0.25, 0.3) is 5.76 Å². The first-order valence-electron chi connectivity index (χ1n) is 13.2. The summed E-state index contributed by atoms with van der Waals surface area (Å²) in [6.45, 7) is 12.0. The van der Waals surface area contributed by atoms with E-state index in [4.69, 9.17) is 14.2 Å². The van der Waals surface area contributed by atoms with Crippen molar-refractivity contribution in [3.63, 3.8) is 0 Å². The Labute approximate surface area is 229 Å². The van der Waals surface area contributed by atoms with Gasteiger partial charge in [0.25, 0.3) is 11.7 Å². The van der Waals surface area contributed by atoms with Crippen molar-refractivity contribution in [2.24, 2.45) is 0 Å². The first-order valence-corrected chi connectivity index (χ1v) is 13.2.